The van der Waals surface area contributed by atoms with E-state index in [1.807, 2.05) is 17.2 Å². The van der Waals surface area contributed by atoms with Gasteiger partial charge in [-0.15, -0.1) is 0 Å². The fraction of sp³-hybridized carbons (Fsp3) is 0.800. The number of rotatable bonds is 4. The summed E-state index contributed by atoms with van der Waals surface area (Å²) >= 11 is 2.17. The molecule has 1 N–H and O–H groups in total. The molecule has 1 fully saturated rings. The normalized spacial score (nSPS) is 27.9. The molecule has 1 aliphatic heterocycles. The summed E-state index contributed by atoms with van der Waals surface area (Å²) in [6.07, 6.45) is 2.78. The second-order valence-electron chi connectivity index (χ2n) is 3.78. The number of β-amino-alcohol motifs (C(OH)–C–C–N with tert-alkyl or cyclic N) is 1. The van der Waals surface area contributed by atoms with Crippen molar-refractivity contribution in [2.45, 2.75) is 12.5 Å². The van der Waals surface area contributed by atoms with E-state index in [1.54, 1.807) is 0 Å². The van der Waals surface area contributed by atoms with Crippen molar-refractivity contribution in [3.8, 4) is 0 Å². The number of hydrogen-bond donors (Lipinski definition) is 1. The molecule has 2 atom stereocenters. The fourth-order valence-electron chi connectivity index (χ4n) is 1.66. The van der Waals surface area contributed by atoms with E-state index >= 15 is 0 Å². The molecule has 85 valence electrons. The molecule has 0 aromatic rings. The Morgan fingerprint density at radius 2 is 2.33 bits per heavy atom. The van der Waals surface area contributed by atoms with Crippen molar-refractivity contribution in [2.75, 3.05) is 33.4 Å². The average molecular weight is 534 g/mol. The summed E-state index contributed by atoms with van der Waals surface area (Å²) in [5.41, 5.74) is 0. The molecule has 0 aromatic carbocycles. The van der Waals surface area contributed by atoms with Crippen molar-refractivity contribution < 1.29 is 53.9 Å². The van der Waals surface area contributed by atoms with Crippen molar-refractivity contribution in [2.24, 2.45) is 5.92 Å². The monoisotopic (exact) mass is 534 g/mol. The molecule has 1 radical (unpaired) electrons. The summed E-state index contributed by atoms with van der Waals surface area (Å²) in [6, 6.07) is 0. The van der Waals surface area contributed by atoms with Crippen LogP contribution >= 0.6 is 22.6 Å². The van der Waals surface area contributed by atoms with Gasteiger partial charge in [0.05, 0.1) is 19.3 Å². The molecule has 1 saturated heterocycles. The summed E-state index contributed by atoms with van der Waals surface area (Å²) in [6.45, 7) is 3.17. The predicted octanol–water partition coefficient (Wildman–Crippen LogP) is 1.26. The molecule has 5 heteroatoms. The van der Waals surface area contributed by atoms with Gasteiger partial charge in [-0.2, -0.15) is 0 Å². The number of aliphatic hydroxyl groups excluding tert-OH is 1. The van der Waals surface area contributed by atoms with Crippen LogP contribution in [0.25, 0.3) is 0 Å². The topological polar surface area (TPSA) is 32.7 Å². The van der Waals surface area contributed by atoms with Crippen molar-refractivity contribution in [3.05, 3.63) is 10.2 Å². The number of ether oxygens (including phenoxy) is 1. The van der Waals surface area contributed by atoms with Crippen molar-refractivity contribution in [1.29, 1.82) is 0 Å². The zero-order valence-corrected chi connectivity index (χ0v) is 16.0. The fourth-order valence-corrected chi connectivity index (χ4v) is 1.86. The minimum atomic E-state index is -0.225. The molecule has 1 rings (SSSR count). The van der Waals surface area contributed by atoms with Gasteiger partial charge < -0.3 is 14.7 Å². The van der Waals surface area contributed by atoms with E-state index in [4.69, 9.17) is 4.74 Å². The first-order valence-corrected chi connectivity index (χ1v) is 6.18. The van der Waals surface area contributed by atoms with Crippen LogP contribution in [-0.4, -0.2) is 49.5 Å². The molecular formula is C10H18AcINO2. The Morgan fingerprint density at radius 3 is 2.93 bits per heavy atom. The number of piperidine rings is 1. The Kier molecular flexibility index (Phi) is 11.0. The van der Waals surface area contributed by atoms with Gasteiger partial charge in [-0.05, 0) is 24.1 Å². The number of halogens is 1. The van der Waals surface area contributed by atoms with Gasteiger partial charge in [0.25, 0.3) is 0 Å². The van der Waals surface area contributed by atoms with Gasteiger partial charge in [-0.3, -0.25) is 0 Å². The quantitative estimate of drug-likeness (QED) is 0.436. The summed E-state index contributed by atoms with van der Waals surface area (Å²) in [4.78, 5) is 2.16. The average Bonchev–Trinajstić information content (AvgIpc) is 2.15. The van der Waals surface area contributed by atoms with E-state index in [0.717, 1.165) is 19.5 Å². The first-order valence-electron chi connectivity index (χ1n) is 4.93. The van der Waals surface area contributed by atoms with Gasteiger partial charge in [0.2, 0.25) is 0 Å². The number of nitrogens with zero attached hydrogens (tertiary/aromatic N) is 1. The smallest absolute Gasteiger partial charge is 0.0717 e. The maximum atomic E-state index is 9.75. The standard InChI is InChI=1S/C10H18INO2.Ac/c1-12-5-3-9(10(13)7-12)8-14-6-2-4-11;/h2,4,9-10,13H,3,5-8H2,1H3;/b4-2+;/i11-4;. The van der Waals surface area contributed by atoms with Crippen LogP contribution in [0.3, 0.4) is 0 Å². The van der Waals surface area contributed by atoms with Gasteiger partial charge in [0, 0.05) is 56.5 Å². The molecule has 0 saturated carbocycles. The Bertz CT molecular complexity index is 192. The van der Waals surface area contributed by atoms with Crippen molar-refractivity contribution >= 4 is 22.6 Å². The zero-order valence-electron chi connectivity index (χ0n) is 9.10. The molecule has 15 heavy (non-hydrogen) atoms. The SMILES string of the molecule is CN1CCC(COC/C=C/[123I])C(O)C1.[Ac]. The Hall–Kier alpha value is 1.79. The maximum Gasteiger partial charge on any atom is 0.0717 e. The molecule has 0 aliphatic carbocycles. The third-order valence-electron chi connectivity index (χ3n) is 2.56. The van der Waals surface area contributed by atoms with Crippen LogP contribution in [0.2, 0.25) is 0 Å². The Balaban J connectivity index is 0.00000196. The van der Waals surface area contributed by atoms with Gasteiger partial charge >= 0.3 is 0 Å². The van der Waals surface area contributed by atoms with Crippen LogP contribution < -0.4 is 0 Å². The van der Waals surface area contributed by atoms with Gasteiger partial charge in [0.15, 0.2) is 0 Å². The van der Waals surface area contributed by atoms with E-state index in [2.05, 4.69) is 27.5 Å². The van der Waals surface area contributed by atoms with Crippen LogP contribution in [0.4, 0.5) is 0 Å². The van der Waals surface area contributed by atoms with Crippen LogP contribution in [0.1, 0.15) is 6.42 Å². The van der Waals surface area contributed by atoms with Gasteiger partial charge in [-0.25, -0.2) is 0 Å². The third kappa shape index (κ3) is 6.95. The molecule has 3 nitrogen and oxygen atoms in total. The number of aliphatic hydroxyl groups is 1. The number of hydrogen-bond acceptors (Lipinski definition) is 3. The Morgan fingerprint density at radius 1 is 1.60 bits per heavy atom. The molecule has 2 unspecified atom stereocenters. The minimum absolute atomic E-state index is 0. The molecule has 1 aliphatic rings. The van der Waals surface area contributed by atoms with E-state index in [9.17, 15) is 5.11 Å². The van der Waals surface area contributed by atoms with E-state index in [-0.39, 0.29) is 50.2 Å². The summed E-state index contributed by atoms with van der Waals surface area (Å²) in [5, 5.41) is 9.75. The van der Waals surface area contributed by atoms with Crippen LogP contribution in [0.5, 0.6) is 0 Å². The molecule has 0 spiro atoms. The van der Waals surface area contributed by atoms with Gasteiger partial charge in [0.1, 0.15) is 0 Å². The van der Waals surface area contributed by atoms with E-state index in [0.29, 0.717) is 19.1 Å². The van der Waals surface area contributed by atoms with Gasteiger partial charge in [-0.1, -0.05) is 28.7 Å². The maximum absolute atomic E-state index is 9.75. The van der Waals surface area contributed by atoms with Crippen molar-refractivity contribution in [3.63, 3.8) is 0 Å². The molecular weight excluding hydrogens is 516 g/mol. The third-order valence-corrected chi connectivity index (χ3v) is 3.07. The van der Waals surface area contributed by atoms with Crippen LogP contribution in [0, 0.1) is 50.0 Å². The van der Waals surface area contributed by atoms with E-state index < -0.39 is 0 Å². The largest absolute Gasteiger partial charge is 0.391 e. The second-order valence-corrected chi connectivity index (χ2v) is 4.50. The summed E-state index contributed by atoms with van der Waals surface area (Å²) in [5.74, 6) is 0.314. The first kappa shape index (κ1) is 16.8. The number of likely N-dealkylation sites (tertiary alicyclic amines) is 1. The Labute approximate surface area is 141 Å². The first-order chi connectivity index (χ1) is 6.74. The van der Waals surface area contributed by atoms with Crippen LogP contribution in [-0.2, 0) is 4.74 Å². The molecule has 1 heterocycles. The van der Waals surface area contributed by atoms with Crippen LogP contribution in [0.15, 0.2) is 10.2 Å². The summed E-state index contributed by atoms with van der Waals surface area (Å²) < 4.78 is 7.40. The zero-order chi connectivity index (χ0) is 10.4. The second kappa shape index (κ2) is 9.78. The van der Waals surface area contributed by atoms with E-state index in [1.165, 1.54) is 0 Å². The summed E-state index contributed by atoms with van der Waals surface area (Å²) in [7, 11) is 2.04. The number of likely N-dealkylation sites (N-methyl/N-ethyl adjacent to an activating group) is 1. The predicted molar refractivity (Wildman–Crippen MR) is 65.6 cm³/mol. The molecule has 0 amide bonds. The molecule has 0 aromatic heterocycles. The van der Waals surface area contributed by atoms with Crippen molar-refractivity contribution in [1.82, 2.24) is 4.90 Å². The molecule has 0 bridgehead atoms. The minimum Gasteiger partial charge on any atom is -0.391 e.